The van der Waals surface area contributed by atoms with Crippen LogP contribution in [-0.2, 0) is 21.1 Å². The van der Waals surface area contributed by atoms with Gasteiger partial charge in [-0.1, -0.05) is 18.2 Å². The molecular weight excluding hydrogens is 663 g/mol. The molecule has 0 bridgehead atoms. The van der Waals surface area contributed by atoms with Crippen molar-refractivity contribution in [2.24, 2.45) is 26.9 Å². The first-order chi connectivity index (χ1) is 22.9. The lowest BCUT2D eigenvalue weighted by Gasteiger charge is -2.32. The van der Waals surface area contributed by atoms with Gasteiger partial charge in [-0.05, 0) is 18.2 Å². The van der Waals surface area contributed by atoms with Gasteiger partial charge in [-0.2, -0.15) is 10.2 Å². The molecule has 0 aliphatic carbocycles. The van der Waals surface area contributed by atoms with Crippen LogP contribution in [0.25, 0.3) is 0 Å². The van der Waals surface area contributed by atoms with E-state index in [0.29, 0.717) is 24.3 Å². The quantitative estimate of drug-likeness (QED) is 0.0539. The summed E-state index contributed by atoms with van der Waals surface area (Å²) in [5.41, 5.74) is 6.60. The van der Waals surface area contributed by atoms with Crippen LogP contribution < -0.4 is 26.7 Å². The van der Waals surface area contributed by atoms with Gasteiger partial charge in [0.25, 0.3) is 23.6 Å². The van der Waals surface area contributed by atoms with Gasteiger partial charge in [-0.25, -0.2) is 10.0 Å². The number of nitrogens with two attached hydrogens (primary N) is 1. The summed E-state index contributed by atoms with van der Waals surface area (Å²) in [6, 6.07) is 13.0. The third-order valence-corrected chi connectivity index (χ3v) is 7.37. The van der Waals surface area contributed by atoms with Crippen molar-refractivity contribution >= 4 is 70.0 Å². The summed E-state index contributed by atoms with van der Waals surface area (Å²) >= 11 is 12.1. The molecule has 48 heavy (non-hydrogen) atoms. The van der Waals surface area contributed by atoms with Crippen LogP contribution in [0, 0.1) is 5.41 Å². The van der Waals surface area contributed by atoms with Crippen molar-refractivity contribution in [1.29, 1.82) is 5.41 Å². The molecule has 0 radical (unpaired) electrons. The van der Waals surface area contributed by atoms with Crippen molar-refractivity contribution in [2.75, 3.05) is 47.0 Å². The third-order valence-electron chi connectivity index (χ3n) is 7.03. The number of hydrazine groups is 1. The minimum absolute atomic E-state index is 0.0500. The molecular formula is C30H36Cl2N12O4. The number of anilines is 3. The maximum absolute atomic E-state index is 13.6. The van der Waals surface area contributed by atoms with Gasteiger partial charge in [0.15, 0.2) is 11.6 Å². The highest BCUT2D eigenvalue weighted by atomic mass is 35.5. The second-order valence-electron chi connectivity index (χ2n) is 10.5. The molecule has 0 aliphatic heterocycles. The number of aromatic nitrogens is 5. The molecule has 3 heterocycles. The molecule has 18 heteroatoms. The predicted molar refractivity (Wildman–Crippen MR) is 183 cm³/mol. The molecule has 4 rings (SSSR count). The summed E-state index contributed by atoms with van der Waals surface area (Å²) in [6.07, 6.45) is 1.76. The number of carbonyl (C=O) groups excluding carboxylic acids is 4. The van der Waals surface area contributed by atoms with Crippen molar-refractivity contribution in [3.8, 4) is 0 Å². The summed E-state index contributed by atoms with van der Waals surface area (Å²) in [6.45, 7) is 0.783. The van der Waals surface area contributed by atoms with E-state index in [0.717, 1.165) is 0 Å². The van der Waals surface area contributed by atoms with E-state index < -0.39 is 17.7 Å². The van der Waals surface area contributed by atoms with E-state index in [4.69, 9.17) is 34.3 Å². The van der Waals surface area contributed by atoms with Gasteiger partial charge in [0.05, 0.1) is 11.5 Å². The molecule has 4 amide bonds. The summed E-state index contributed by atoms with van der Waals surface area (Å²) in [4.78, 5) is 52.6. The van der Waals surface area contributed by atoms with E-state index in [1.165, 1.54) is 37.1 Å². The molecule has 4 aromatic rings. The van der Waals surface area contributed by atoms with Crippen LogP contribution >= 0.6 is 23.2 Å². The Bertz CT molecular complexity index is 1790. The van der Waals surface area contributed by atoms with Gasteiger partial charge in [-0.15, -0.1) is 23.2 Å². The normalized spacial score (nSPS) is 11.0. The lowest BCUT2D eigenvalue weighted by Crippen LogP contribution is -2.49. The Hall–Kier alpha value is -5.19. The van der Waals surface area contributed by atoms with E-state index in [1.54, 1.807) is 62.7 Å². The monoisotopic (exact) mass is 698 g/mol. The number of rotatable bonds is 15. The van der Waals surface area contributed by atoms with E-state index >= 15 is 0 Å². The van der Waals surface area contributed by atoms with Gasteiger partial charge in [-0.3, -0.25) is 34.0 Å². The summed E-state index contributed by atoms with van der Waals surface area (Å²) in [5.74, 6) is -1.15. The number of hydrogen-bond acceptors (Lipinski definition) is 8. The average Bonchev–Trinajstić information content (AvgIpc) is 3.73. The van der Waals surface area contributed by atoms with E-state index in [1.807, 2.05) is 0 Å². The van der Waals surface area contributed by atoms with Gasteiger partial charge in [0, 0.05) is 82.9 Å². The Kier molecular flexibility index (Phi) is 11.9. The first-order valence-corrected chi connectivity index (χ1v) is 15.7. The Labute approximate surface area is 286 Å². The van der Waals surface area contributed by atoms with Crippen molar-refractivity contribution in [3.63, 3.8) is 0 Å². The molecule has 1 aromatic carbocycles. The number of amides is 4. The second-order valence-corrected chi connectivity index (χ2v) is 11.3. The Balaban J connectivity index is 1.50. The van der Waals surface area contributed by atoms with Gasteiger partial charge < -0.3 is 26.3 Å². The number of alkyl halides is 2. The van der Waals surface area contributed by atoms with Crippen molar-refractivity contribution < 1.29 is 19.2 Å². The maximum atomic E-state index is 13.6. The molecule has 16 nitrogen and oxygen atoms in total. The van der Waals surface area contributed by atoms with E-state index in [-0.39, 0.29) is 65.2 Å². The maximum Gasteiger partial charge on any atom is 0.274 e. The number of benzene rings is 1. The minimum Gasteiger partial charge on any atom is -0.388 e. The zero-order valence-electron chi connectivity index (χ0n) is 26.5. The van der Waals surface area contributed by atoms with Crippen LogP contribution in [0.5, 0.6) is 0 Å². The van der Waals surface area contributed by atoms with Crippen LogP contribution in [0.4, 0.5) is 17.3 Å². The lowest BCUT2D eigenvalue weighted by atomic mass is 10.2. The van der Waals surface area contributed by atoms with Crippen molar-refractivity contribution in [2.45, 2.75) is 6.42 Å². The van der Waals surface area contributed by atoms with Gasteiger partial charge >= 0.3 is 0 Å². The molecule has 0 fully saturated rings. The molecule has 0 atom stereocenters. The zero-order chi connectivity index (χ0) is 35.0. The fourth-order valence-corrected chi connectivity index (χ4v) is 5.12. The fourth-order valence-electron chi connectivity index (χ4n) is 4.73. The number of nitrogens with zero attached hydrogens (tertiary/aromatic N) is 7. The third kappa shape index (κ3) is 8.58. The molecule has 0 unspecified atom stereocenters. The van der Waals surface area contributed by atoms with Crippen LogP contribution in [0.2, 0.25) is 0 Å². The Morgan fingerprint density at radius 1 is 0.854 bits per heavy atom. The smallest absolute Gasteiger partial charge is 0.274 e. The molecule has 6 N–H and O–H groups in total. The second kappa shape index (κ2) is 16.1. The minimum atomic E-state index is -0.535. The standard InChI is InChI=1S/C30H36Cl2N12O4/c1-40-18-20(15-21(40)28(46)37-25-16-22(41(2)38-25)27(45)35-12-9-24(33)34)36-29(47)23-17-26(39-42(23)3)44(43(13-10-31)14-11-32)30(48)19-7-5-4-6-8-19/h4-8,15-18H,9-14H2,1-3H3,(H3,33,34)(H,35,45)(H,36,47)(H,37,38,46). The van der Waals surface area contributed by atoms with E-state index in [2.05, 4.69) is 26.1 Å². The van der Waals surface area contributed by atoms with Gasteiger partial charge in [0.1, 0.15) is 17.1 Å². The van der Waals surface area contributed by atoms with E-state index in [9.17, 15) is 19.2 Å². The SMILES string of the molecule is Cn1cc(NC(=O)c2cc(N(C(=O)c3ccccc3)N(CCCl)CCCl)nn2C)cc1C(=O)Nc1cc(C(=O)NCCC(=N)N)n(C)n1. The number of nitrogens with one attached hydrogen (secondary N) is 4. The summed E-state index contributed by atoms with van der Waals surface area (Å²) < 4.78 is 4.19. The first-order valence-electron chi connectivity index (χ1n) is 14.7. The number of aryl methyl sites for hydroxylation is 3. The molecule has 0 saturated carbocycles. The number of amidine groups is 1. The highest BCUT2D eigenvalue weighted by molar-refractivity contribution is 6.18. The predicted octanol–water partition coefficient (Wildman–Crippen LogP) is 2.39. The molecule has 0 aliphatic rings. The zero-order valence-corrected chi connectivity index (χ0v) is 28.0. The van der Waals surface area contributed by atoms with Crippen LogP contribution in [0.3, 0.4) is 0 Å². The number of hydrogen-bond donors (Lipinski definition) is 5. The van der Waals surface area contributed by atoms with Crippen LogP contribution in [0.1, 0.15) is 48.2 Å². The molecule has 254 valence electrons. The molecule has 3 aromatic heterocycles. The summed E-state index contributed by atoms with van der Waals surface area (Å²) in [5, 5.41) is 27.0. The first kappa shape index (κ1) is 35.7. The Morgan fingerprint density at radius 3 is 2.12 bits per heavy atom. The summed E-state index contributed by atoms with van der Waals surface area (Å²) in [7, 11) is 4.76. The molecule has 0 spiro atoms. The highest BCUT2D eigenvalue weighted by Gasteiger charge is 2.28. The number of carbonyl (C=O) groups is 4. The molecule has 0 saturated heterocycles. The lowest BCUT2D eigenvalue weighted by molar-refractivity contribution is 0.0899. The van der Waals surface area contributed by atoms with Crippen LogP contribution in [-0.4, -0.2) is 90.0 Å². The largest absolute Gasteiger partial charge is 0.388 e. The fraction of sp³-hybridized carbons (Fsp3) is 0.300. The van der Waals surface area contributed by atoms with Crippen molar-refractivity contribution in [3.05, 3.63) is 77.4 Å². The van der Waals surface area contributed by atoms with Crippen molar-refractivity contribution in [1.82, 2.24) is 34.5 Å². The van der Waals surface area contributed by atoms with Gasteiger partial charge in [0.2, 0.25) is 0 Å². The topological polar surface area (TPSA) is 201 Å². The number of halogens is 2. The average molecular weight is 700 g/mol. The Morgan fingerprint density at radius 2 is 1.48 bits per heavy atom. The highest BCUT2D eigenvalue weighted by Crippen LogP contribution is 2.22. The van der Waals surface area contributed by atoms with Crippen LogP contribution in [0.15, 0.2) is 54.7 Å².